The smallest absolute Gasteiger partial charge is 0.252 e. The molecular formula is C31H38N4O3. The topological polar surface area (TPSA) is 73.9 Å². The average molecular weight is 515 g/mol. The molecule has 1 aliphatic heterocycles. The minimum atomic E-state index is -0.185. The van der Waals surface area contributed by atoms with Crippen molar-refractivity contribution in [3.05, 3.63) is 89.0 Å². The van der Waals surface area contributed by atoms with E-state index in [1.54, 1.807) is 13.2 Å². The molecule has 7 nitrogen and oxygen atoms in total. The fourth-order valence-corrected chi connectivity index (χ4v) is 4.67. The van der Waals surface area contributed by atoms with E-state index < -0.39 is 0 Å². The Balaban J connectivity index is 1.47. The summed E-state index contributed by atoms with van der Waals surface area (Å²) in [4.78, 5) is 30.5. The molecule has 4 rings (SSSR count). The van der Waals surface area contributed by atoms with Gasteiger partial charge in [-0.3, -0.25) is 9.59 Å². The Labute approximate surface area is 225 Å². The van der Waals surface area contributed by atoms with E-state index in [0.717, 1.165) is 54.1 Å². The third-order valence-corrected chi connectivity index (χ3v) is 7.12. The van der Waals surface area contributed by atoms with Crippen molar-refractivity contribution < 1.29 is 14.3 Å². The Morgan fingerprint density at radius 2 is 1.63 bits per heavy atom. The van der Waals surface area contributed by atoms with Crippen LogP contribution in [0.15, 0.2) is 66.7 Å². The second-order valence-corrected chi connectivity index (χ2v) is 9.94. The number of methoxy groups -OCH3 is 1. The highest BCUT2D eigenvalue weighted by atomic mass is 16.5. The Kier molecular flexibility index (Phi) is 9.15. The monoisotopic (exact) mass is 514 g/mol. The molecule has 0 aliphatic carbocycles. The number of benzene rings is 3. The number of nitrogens with one attached hydrogen (secondary N) is 2. The number of anilines is 1. The lowest BCUT2D eigenvalue weighted by molar-refractivity contribution is 0.0930. The van der Waals surface area contributed by atoms with Gasteiger partial charge < -0.3 is 25.2 Å². The number of amides is 2. The molecule has 0 spiro atoms. The molecule has 3 aromatic carbocycles. The van der Waals surface area contributed by atoms with Gasteiger partial charge in [0.25, 0.3) is 11.8 Å². The normalized spacial score (nSPS) is 14.7. The zero-order valence-electron chi connectivity index (χ0n) is 22.8. The van der Waals surface area contributed by atoms with Crippen LogP contribution in [0.5, 0.6) is 0 Å². The van der Waals surface area contributed by atoms with Crippen molar-refractivity contribution in [2.24, 2.45) is 0 Å². The van der Waals surface area contributed by atoms with Gasteiger partial charge in [0.2, 0.25) is 0 Å². The van der Waals surface area contributed by atoms with E-state index in [1.165, 1.54) is 0 Å². The van der Waals surface area contributed by atoms with Crippen LogP contribution in [-0.2, 0) is 4.74 Å². The summed E-state index contributed by atoms with van der Waals surface area (Å²) in [6, 6.07) is 21.6. The van der Waals surface area contributed by atoms with Crippen LogP contribution in [0.2, 0.25) is 0 Å². The molecule has 1 atom stereocenters. The molecular weight excluding hydrogens is 476 g/mol. The zero-order chi connectivity index (χ0) is 27.1. The Morgan fingerprint density at radius 3 is 2.37 bits per heavy atom. The summed E-state index contributed by atoms with van der Waals surface area (Å²) in [7, 11) is 3.75. The molecule has 1 aliphatic rings. The minimum absolute atomic E-state index is 0.0777. The van der Waals surface area contributed by atoms with Crippen LogP contribution in [0.25, 0.3) is 11.1 Å². The van der Waals surface area contributed by atoms with E-state index in [4.69, 9.17) is 4.74 Å². The van der Waals surface area contributed by atoms with Gasteiger partial charge >= 0.3 is 0 Å². The van der Waals surface area contributed by atoms with Gasteiger partial charge in [-0.15, -0.1) is 0 Å². The van der Waals surface area contributed by atoms with Gasteiger partial charge in [-0.2, -0.15) is 0 Å². The molecule has 0 saturated carbocycles. The van der Waals surface area contributed by atoms with Crippen molar-refractivity contribution >= 4 is 17.5 Å². The third-order valence-electron chi connectivity index (χ3n) is 7.12. The summed E-state index contributed by atoms with van der Waals surface area (Å²) in [5, 5.41) is 6.05. The van der Waals surface area contributed by atoms with Crippen molar-refractivity contribution in [2.45, 2.75) is 19.9 Å². The Bertz CT molecular complexity index is 1270. The van der Waals surface area contributed by atoms with E-state index in [1.807, 2.05) is 62.4 Å². The lowest BCUT2D eigenvalue weighted by Crippen LogP contribution is -2.44. The summed E-state index contributed by atoms with van der Waals surface area (Å²) in [5.41, 5.74) is 6.29. The number of hydrogen-bond acceptors (Lipinski definition) is 5. The summed E-state index contributed by atoms with van der Waals surface area (Å²) in [6.45, 7) is 8.86. The van der Waals surface area contributed by atoms with Crippen molar-refractivity contribution in [2.75, 3.05) is 58.4 Å². The fourth-order valence-electron chi connectivity index (χ4n) is 4.67. The molecule has 200 valence electrons. The number of carbonyl (C=O) groups is 2. The number of aryl methyl sites for hydroxylation is 1. The Hall–Kier alpha value is -3.68. The number of likely N-dealkylation sites (N-methyl/N-ethyl adjacent to an activating group) is 1. The molecule has 0 radical (unpaired) electrons. The van der Waals surface area contributed by atoms with Gasteiger partial charge in [-0.25, -0.2) is 0 Å². The molecule has 2 N–H and O–H groups in total. The SMILES string of the molecule is COCCNC(=O)c1cccc(-c2cccc([C@@H](C)NC(=O)c3cc(N4CCN(C)CC4)ccc3C)c2)c1. The van der Waals surface area contributed by atoms with Gasteiger partial charge in [0.1, 0.15) is 0 Å². The highest BCUT2D eigenvalue weighted by molar-refractivity contribution is 5.97. The van der Waals surface area contributed by atoms with Gasteiger partial charge in [0, 0.05) is 56.6 Å². The lowest BCUT2D eigenvalue weighted by atomic mass is 9.98. The first-order valence-corrected chi connectivity index (χ1v) is 13.2. The molecule has 38 heavy (non-hydrogen) atoms. The van der Waals surface area contributed by atoms with Crippen molar-refractivity contribution in [1.82, 2.24) is 15.5 Å². The number of nitrogens with zero attached hydrogens (tertiary/aromatic N) is 2. The quantitative estimate of drug-likeness (QED) is 0.417. The number of rotatable bonds is 9. The molecule has 3 aromatic rings. The summed E-state index contributed by atoms with van der Waals surface area (Å²) < 4.78 is 5.01. The van der Waals surface area contributed by atoms with Crippen molar-refractivity contribution in [3.8, 4) is 11.1 Å². The van der Waals surface area contributed by atoms with E-state index >= 15 is 0 Å². The summed E-state index contributed by atoms with van der Waals surface area (Å²) in [6.07, 6.45) is 0. The highest BCUT2D eigenvalue weighted by Crippen LogP contribution is 2.26. The first-order valence-electron chi connectivity index (χ1n) is 13.2. The average Bonchev–Trinajstić information content (AvgIpc) is 2.94. The molecule has 0 bridgehead atoms. The van der Waals surface area contributed by atoms with Crippen molar-refractivity contribution in [1.29, 1.82) is 0 Å². The minimum Gasteiger partial charge on any atom is -0.383 e. The van der Waals surface area contributed by atoms with Gasteiger partial charge in [0.05, 0.1) is 12.6 Å². The highest BCUT2D eigenvalue weighted by Gasteiger charge is 2.19. The predicted octanol–water partition coefficient (Wildman–Crippen LogP) is 4.28. The predicted molar refractivity (Wildman–Crippen MR) is 153 cm³/mol. The van der Waals surface area contributed by atoms with Crippen LogP contribution in [-0.4, -0.2) is 70.2 Å². The molecule has 0 unspecified atom stereocenters. The zero-order valence-corrected chi connectivity index (χ0v) is 22.8. The third kappa shape index (κ3) is 6.79. The molecule has 2 amide bonds. The van der Waals surface area contributed by atoms with Crippen LogP contribution in [0.3, 0.4) is 0 Å². The molecule has 1 heterocycles. The van der Waals surface area contributed by atoms with Crippen molar-refractivity contribution in [3.63, 3.8) is 0 Å². The van der Waals surface area contributed by atoms with Crippen LogP contribution >= 0.6 is 0 Å². The van der Waals surface area contributed by atoms with Gasteiger partial charge in [0.15, 0.2) is 0 Å². The van der Waals surface area contributed by atoms with E-state index in [2.05, 4.69) is 39.6 Å². The maximum absolute atomic E-state index is 13.3. The standard InChI is InChI=1S/C31H38N4O3/c1-22-11-12-28(35-16-14-34(3)15-17-35)21-29(22)31(37)33-23(2)24-7-5-8-25(19-24)26-9-6-10-27(20-26)30(36)32-13-18-38-4/h5-12,19-21,23H,13-18H2,1-4H3,(H,32,36)(H,33,37)/t23-/m1/s1. The summed E-state index contributed by atoms with van der Waals surface area (Å²) >= 11 is 0. The van der Waals surface area contributed by atoms with Crippen LogP contribution in [0.4, 0.5) is 5.69 Å². The number of ether oxygens (including phenoxy) is 1. The summed E-state index contributed by atoms with van der Waals surface area (Å²) in [5.74, 6) is -0.207. The number of hydrogen-bond donors (Lipinski definition) is 2. The van der Waals surface area contributed by atoms with E-state index in [0.29, 0.717) is 24.3 Å². The number of carbonyl (C=O) groups excluding carboxylic acids is 2. The van der Waals surface area contributed by atoms with E-state index in [9.17, 15) is 9.59 Å². The maximum Gasteiger partial charge on any atom is 0.252 e. The number of piperazine rings is 1. The molecule has 1 saturated heterocycles. The van der Waals surface area contributed by atoms with E-state index in [-0.39, 0.29) is 17.9 Å². The lowest BCUT2D eigenvalue weighted by Gasteiger charge is -2.34. The Morgan fingerprint density at radius 1 is 0.921 bits per heavy atom. The second kappa shape index (κ2) is 12.7. The first-order chi connectivity index (χ1) is 18.4. The first kappa shape index (κ1) is 27.4. The van der Waals surface area contributed by atoms with Crippen LogP contribution < -0.4 is 15.5 Å². The maximum atomic E-state index is 13.3. The molecule has 1 fully saturated rings. The van der Waals surface area contributed by atoms with Crippen LogP contribution in [0, 0.1) is 6.92 Å². The molecule has 7 heteroatoms. The second-order valence-electron chi connectivity index (χ2n) is 9.94. The fraction of sp³-hybridized carbons (Fsp3) is 0.355. The van der Waals surface area contributed by atoms with Crippen LogP contribution in [0.1, 0.15) is 44.8 Å². The largest absolute Gasteiger partial charge is 0.383 e. The van der Waals surface area contributed by atoms with Gasteiger partial charge in [-0.1, -0.05) is 36.4 Å². The molecule has 0 aromatic heterocycles. The van der Waals surface area contributed by atoms with Gasteiger partial charge in [-0.05, 0) is 73.5 Å².